The standard InChI is InChI=1S/C13H20BrN3O/c1-8(2)5-10(7-15)17-9-3-4-11(13(16)18)12(14)6-9/h3-4,6,8,10,17H,5,7,15H2,1-2H3,(H2,16,18). The van der Waals surface area contributed by atoms with E-state index in [9.17, 15) is 4.79 Å². The Labute approximate surface area is 116 Å². The van der Waals surface area contributed by atoms with Crippen LogP contribution in [-0.4, -0.2) is 18.5 Å². The zero-order valence-electron chi connectivity index (χ0n) is 10.7. The molecule has 0 saturated carbocycles. The number of carbonyl (C=O) groups excluding carboxylic acids is 1. The minimum atomic E-state index is -0.439. The van der Waals surface area contributed by atoms with Crippen molar-refractivity contribution in [1.82, 2.24) is 0 Å². The van der Waals surface area contributed by atoms with Crippen molar-refractivity contribution >= 4 is 27.5 Å². The fourth-order valence-corrected chi connectivity index (χ4v) is 2.40. The van der Waals surface area contributed by atoms with Crippen molar-refractivity contribution in [3.8, 4) is 0 Å². The van der Waals surface area contributed by atoms with Crippen molar-refractivity contribution < 1.29 is 4.79 Å². The molecule has 0 fully saturated rings. The molecular weight excluding hydrogens is 294 g/mol. The molecule has 0 heterocycles. The number of hydrogen-bond donors (Lipinski definition) is 3. The van der Waals surface area contributed by atoms with Gasteiger partial charge in [-0.3, -0.25) is 4.79 Å². The first-order chi connectivity index (χ1) is 8.43. The molecule has 1 atom stereocenters. The Morgan fingerprint density at radius 1 is 1.44 bits per heavy atom. The maximum absolute atomic E-state index is 11.1. The fraction of sp³-hybridized carbons (Fsp3) is 0.462. The van der Waals surface area contributed by atoms with Crippen LogP contribution < -0.4 is 16.8 Å². The van der Waals surface area contributed by atoms with E-state index in [-0.39, 0.29) is 6.04 Å². The van der Waals surface area contributed by atoms with Crippen LogP contribution in [0.3, 0.4) is 0 Å². The van der Waals surface area contributed by atoms with Crippen molar-refractivity contribution in [2.45, 2.75) is 26.3 Å². The van der Waals surface area contributed by atoms with Gasteiger partial charge in [0.2, 0.25) is 5.91 Å². The number of anilines is 1. The van der Waals surface area contributed by atoms with Gasteiger partial charge in [0.1, 0.15) is 0 Å². The zero-order valence-corrected chi connectivity index (χ0v) is 12.3. The number of amides is 1. The van der Waals surface area contributed by atoms with E-state index in [4.69, 9.17) is 11.5 Å². The largest absolute Gasteiger partial charge is 0.381 e. The maximum Gasteiger partial charge on any atom is 0.249 e. The first-order valence-corrected chi connectivity index (χ1v) is 6.79. The summed E-state index contributed by atoms with van der Waals surface area (Å²) in [4.78, 5) is 11.1. The summed E-state index contributed by atoms with van der Waals surface area (Å²) >= 11 is 3.34. The normalized spacial score (nSPS) is 12.5. The van der Waals surface area contributed by atoms with Gasteiger partial charge >= 0.3 is 0 Å². The van der Waals surface area contributed by atoms with Crippen LogP contribution in [0.4, 0.5) is 5.69 Å². The highest BCUT2D eigenvalue weighted by molar-refractivity contribution is 9.10. The number of hydrogen-bond acceptors (Lipinski definition) is 3. The molecule has 1 aromatic rings. The predicted octanol–water partition coefficient (Wildman–Crippen LogP) is 2.33. The number of rotatable bonds is 6. The molecule has 1 unspecified atom stereocenters. The van der Waals surface area contributed by atoms with Crippen molar-refractivity contribution in [2.24, 2.45) is 17.4 Å². The maximum atomic E-state index is 11.1. The predicted molar refractivity (Wildman–Crippen MR) is 78.6 cm³/mol. The average Bonchev–Trinajstić information content (AvgIpc) is 2.27. The van der Waals surface area contributed by atoms with Gasteiger partial charge in [0.25, 0.3) is 0 Å². The summed E-state index contributed by atoms with van der Waals surface area (Å²) < 4.78 is 0.695. The molecule has 4 nitrogen and oxygen atoms in total. The lowest BCUT2D eigenvalue weighted by Gasteiger charge is -2.20. The van der Waals surface area contributed by atoms with Gasteiger partial charge in [0.05, 0.1) is 5.56 Å². The van der Waals surface area contributed by atoms with Crippen molar-refractivity contribution in [1.29, 1.82) is 0 Å². The number of primary amides is 1. The number of halogens is 1. The van der Waals surface area contributed by atoms with Gasteiger partial charge in [0, 0.05) is 22.7 Å². The van der Waals surface area contributed by atoms with E-state index in [0.29, 0.717) is 22.5 Å². The molecule has 0 bridgehead atoms. The van der Waals surface area contributed by atoms with E-state index in [1.165, 1.54) is 0 Å². The Hall–Kier alpha value is -1.07. The van der Waals surface area contributed by atoms with E-state index >= 15 is 0 Å². The number of nitrogens with one attached hydrogen (secondary N) is 1. The molecular formula is C13H20BrN3O. The summed E-state index contributed by atoms with van der Waals surface area (Å²) in [7, 11) is 0. The second kappa shape index (κ2) is 6.75. The summed E-state index contributed by atoms with van der Waals surface area (Å²) in [5.74, 6) is 0.144. The van der Waals surface area contributed by atoms with Gasteiger partial charge in [-0.2, -0.15) is 0 Å². The summed E-state index contributed by atoms with van der Waals surface area (Å²) in [5, 5.41) is 3.36. The van der Waals surface area contributed by atoms with Gasteiger partial charge < -0.3 is 16.8 Å². The van der Waals surface area contributed by atoms with Crippen LogP contribution >= 0.6 is 15.9 Å². The Morgan fingerprint density at radius 2 is 2.11 bits per heavy atom. The fourth-order valence-electron chi connectivity index (χ4n) is 1.82. The van der Waals surface area contributed by atoms with E-state index < -0.39 is 5.91 Å². The number of benzene rings is 1. The zero-order chi connectivity index (χ0) is 13.7. The van der Waals surface area contributed by atoms with Gasteiger partial charge in [0.15, 0.2) is 0 Å². The third-order valence-electron chi connectivity index (χ3n) is 2.65. The lowest BCUT2D eigenvalue weighted by molar-refractivity contribution is 0.0999. The number of carbonyl (C=O) groups is 1. The molecule has 5 heteroatoms. The van der Waals surface area contributed by atoms with E-state index in [1.54, 1.807) is 6.07 Å². The number of nitrogens with two attached hydrogens (primary N) is 2. The van der Waals surface area contributed by atoms with Crippen molar-refractivity contribution in [3.05, 3.63) is 28.2 Å². The Balaban J connectivity index is 2.78. The van der Waals surface area contributed by atoms with Gasteiger partial charge in [-0.05, 0) is 46.5 Å². The molecule has 0 aliphatic heterocycles. The van der Waals surface area contributed by atoms with Crippen LogP contribution in [-0.2, 0) is 0 Å². The molecule has 0 aliphatic carbocycles. The third kappa shape index (κ3) is 4.31. The minimum Gasteiger partial charge on any atom is -0.381 e. The first kappa shape index (κ1) is 15.0. The van der Waals surface area contributed by atoms with Gasteiger partial charge in [-0.1, -0.05) is 13.8 Å². The molecule has 1 aromatic carbocycles. The molecule has 18 heavy (non-hydrogen) atoms. The highest BCUT2D eigenvalue weighted by Gasteiger charge is 2.11. The topological polar surface area (TPSA) is 81.1 Å². The van der Waals surface area contributed by atoms with Gasteiger partial charge in [-0.25, -0.2) is 0 Å². The summed E-state index contributed by atoms with van der Waals surface area (Å²) in [6.07, 6.45) is 1.01. The highest BCUT2D eigenvalue weighted by atomic mass is 79.9. The summed E-state index contributed by atoms with van der Waals surface area (Å²) in [6, 6.07) is 5.63. The smallest absolute Gasteiger partial charge is 0.249 e. The molecule has 0 aromatic heterocycles. The van der Waals surface area contributed by atoms with E-state index in [2.05, 4.69) is 35.1 Å². The molecule has 1 rings (SSSR count). The highest BCUT2D eigenvalue weighted by Crippen LogP contribution is 2.22. The minimum absolute atomic E-state index is 0.233. The molecule has 0 spiro atoms. The van der Waals surface area contributed by atoms with Gasteiger partial charge in [-0.15, -0.1) is 0 Å². The second-order valence-electron chi connectivity index (χ2n) is 4.77. The lowest BCUT2D eigenvalue weighted by atomic mass is 10.0. The Morgan fingerprint density at radius 3 is 2.56 bits per heavy atom. The first-order valence-electron chi connectivity index (χ1n) is 6.00. The van der Waals surface area contributed by atoms with Crippen LogP contribution in [0.15, 0.2) is 22.7 Å². The van der Waals surface area contributed by atoms with Crippen LogP contribution in [0.1, 0.15) is 30.6 Å². The van der Waals surface area contributed by atoms with Crippen LogP contribution in [0, 0.1) is 5.92 Å². The monoisotopic (exact) mass is 313 g/mol. The van der Waals surface area contributed by atoms with Crippen LogP contribution in [0.5, 0.6) is 0 Å². The van der Waals surface area contributed by atoms with Crippen molar-refractivity contribution in [2.75, 3.05) is 11.9 Å². The SMILES string of the molecule is CC(C)CC(CN)Nc1ccc(C(N)=O)c(Br)c1. The van der Waals surface area contributed by atoms with Crippen LogP contribution in [0.25, 0.3) is 0 Å². The molecule has 0 radical (unpaired) electrons. The summed E-state index contributed by atoms with van der Waals surface area (Å²) in [5.41, 5.74) is 12.4. The second-order valence-corrected chi connectivity index (χ2v) is 5.62. The molecule has 100 valence electrons. The Kier molecular flexibility index (Phi) is 5.62. The van der Waals surface area contributed by atoms with Crippen molar-refractivity contribution in [3.63, 3.8) is 0 Å². The molecule has 0 saturated heterocycles. The quantitative estimate of drug-likeness (QED) is 0.754. The third-order valence-corrected chi connectivity index (χ3v) is 3.30. The summed E-state index contributed by atoms with van der Waals surface area (Å²) in [6.45, 7) is 4.90. The lowest BCUT2D eigenvalue weighted by Crippen LogP contribution is -2.30. The Bertz CT molecular complexity index is 421. The molecule has 1 amide bonds. The van der Waals surface area contributed by atoms with Crippen LogP contribution in [0.2, 0.25) is 0 Å². The average molecular weight is 314 g/mol. The van der Waals surface area contributed by atoms with E-state index in [1.807, 2.05) is 12.1 Å². The molecule has 0 aliphatic rings. The van der Waals surface area contributed by atoms with E-state index in [0.717, 1.165) is 12.1 Å². The molecule has 5 N–H and O–H groups in total.